The quantitative estimate of drug-likeness (QED) is 0.801. The summed E-state index contributed by atoms with van der Waals surface area (Å²) in [6.45, 7) is 5.17. The molecule has 112 valence electrons. The van der Waals surface area contributed by atoms with Gasteiger partial charge in [0.15, 0.2) is 0 Å². The highest BCUT2D eigenvalue weighted by atomic mass is 35.5. The lowest BCUT2D eigenvalue weighted by atomic mass is 10.00. The number of rotatable bonds is 5. The van der Waals surface area contributed by atoms with Gasteiger partial charge in [0.2, 0.25) is 0 Å². The Bertz CT molecular complexity index is 628. The van der Waals surface area contributed by atoms with Gasteiger partial charge in [-0.15, -0.1) is 0 Å². The number of halogens is 2. The maximum atomic E-state index is 6.35. The first-order valence-electron chi connectivity index (χ1n) is 6.93. The van der Waals surface area contributed by atoms with Gasteiger partial charge in [0.25, 0.3) is 0 Å². The SMILES string of the molecule is CCNC(C)c1cccc(-c2cc(Cl)c(OC)cc2Cl)c1. The molecule has 0 fully saturated rings. The second-order valence-electron chi connectivity index (χ2n) is 4.87. The van der Waals surface area contributed by atoms with E-state index >= 15 is 0 Å². The minimum absolute atomic E-state index is 0.294. The van der Waals surface area contributed by atoms with Gasteiger partial charge in [0.05, 0.1) is 17.2 Å². The molecule has 1 unspecified atom stereocenters. The second-order valence-corrected chi connectivity index (χ2v) is 5.69. The van der Waals surface area contributed by atoms with Gasteiger partial charge in [0, 0.05) is 17.7 Å². The molecule has 2 nitrogen and oxygen atoms in total. The number of nitrogens with one attached hydrogen (secondary N) is 1. The molecule has 0 bridgehead atoms. The van der Waals surface area contributed by atoms with Crippen LogP contribution in [0.25, 0.3) is 11.1 Å². The molecule has 0 aliphatic rings. The number of methoxy groups -OCH3 is 1. The zero-order chi connectivity index (χ0) is 15.4. The standard InChI is InChI=1S/C17H19Cl2NO/c1-4-20-11(2)12-6-5-7-13(8-12)14-9-16(19)17(21-3)10-15(14)18/h5-11,20H,4H2,1-3H3. The van der Waals surface area contributed by atoms with Crippen molar-refractivity contribution in [3.8, 4) is 16.9 Å². The van der Waals surface area contributed by atoms with Crippen LogP contribution >= 0.6 is 23.2 Å². The first kappa shape index (κ1) is 16.2. The van der Waals surface area contributed by atoms with E-state index in [1.165, 1.54) is 5.56 Å². The van der Waals surface area contributed by atoms with Crippen LogP contribution in [0.1, 0.15) is 25.5 Å². The van der Waals surface area contributed by atoms with E-state index in [0.717, 1.165) is 17.7 Å². The summed E-state index contributed by atoms with van der Waals surface area (Å²) in [5, 5.41) is 4.59. The fraction of sp³-hybridized carbons (Fsp3) is 0.294. The summed E-state index contributed by atoms with van der Waals surface area (Å²) in [5.41, 5.74) is 3.18. The van der Waals surface area contributed by atoms with E-state index in [4.69, 9.17) is 27.9 Å². The van der Waals surface area contributed by atoms with Crippen LogP contribution < -0.4 is 10.1 Å². The minimum atomic E-state index is 0.294. The molecule has 1 N–H and O–H groups in total. The molecule has 2 rings (SSSR count). The van der Waals surface area contributed by atoms with Gasteiger partial charge in [-0.1, -0.05) is 48.3 Å². The maximum absolute atomic E-state index is 6.35. The fourth-order valence-corrected chi connectivity index (χ4v) is 2.81. The van der Waals surface area contributed by atoms with Crippen molar-refractivity contribution in [1.29, 1.82) is 0 Å². The molecule has 0 spiro atoms. The van der Waals surface area contributed by atoms with Crippen molar-refractivity contribution in [3.05, 3.63) is 52.0 Å². The largest absolute Gasteiger partial charge is 0.495 e. The summed E-state index contributed by atoms with van der Waals surface area (Å²) in [6, 6.07) is 12.2. The van der Waals surface area contributed by atoms with E-state index in [0.29, 0.717) is 21.8 Å². The molecule has 0 aliphatic heterocycles. The fourth-order valence-electron chi connectivity index (χ4n) is 2.31. The average Bonchev–Trinajstić information content (AvgIpc) is 2.49. The number of ether oxygens (including phenoxy) is 1. The summed E-state index contributed by atoms with van der Waals surface area (Å²) in [7, 11) is 1.58. The Hall–Kier alpha value is -1.22. The molecule has 0 saturated heterocycles. The zero-order valence-electron chi connectivity index (χ0n) is 12.4. The molecule has 0 amide bonds. The van der Waals surface area contributed by atoms with Crippen molar-refractivity contribution < 1.29 is 4.74 Å². The molecule has 0 heterocycles. The lowest BCUT2D eigenvalue weighted by molar-refractivity contribution is 0.415. The molecular weight excluding hydrogens is 305 g/mol. The van der Waals surface area contributed by atoms with Gasteiger partial charge in [-0.2, -0.15) is 0 Å². The Morgan fingerprint density at radius 2 is 1.90 bits per heavy atom. The van der Waals surface area contributed by atoms with Gasteiger partial charge >= 0.3 is 0 Å². The van der Waals surface area contributed by atoms with E-state index in [-0.39, 0.29) is 0 Å². The van der Waals surface area contributed by atoms with E-state index in [9.17, 15) is 0 Å². The zero-order valence-corrected chi connectivity index (χ0v) is 13.9. The predicted octanol–water partition coefficient (Wildman–Crippen LogP) is 5.34. The average molecular weight is 324 g/mol. The molecular formula is C17H19Cl2NO. The first-order valence-corrected chi connectivity index (χ1v) is 7.69. The molecule has 0 aromatic heterocycles. The third kappa shape index (κ3) is 3.70. The second kappa shape index (κ2) is 7.17. The lowest BCUT2D eigenvalue weighted by Crippen LogP contribution is -2.17. The van der Waals surface area contributed by atoms with Crippen LogP contribution in [-0.4, -0.2) is 13.7 Å². The summed E-state index contributed by atoms with van der Waals surface area (Å²) < 4.78 is 5.18. The van der Waals surface area contributed by atoms with Crippen LogP contribution in [0.3, 0.4) is 0 Å². The van der Waals surface area contributed by atoms with E-state index < -0.39 is 0 Å². The Morgan fingerprint density at radius 1 is 1.14 bits per heavy atom. The lowest BCUT2D eigenvalue weighted by Gasteiger charge is -2.15. The molecule has 0 saturated carbocycles. The molecule has 1 atom stereocenters. The monoisotopic (exact) mass is 323 g/mol. The number of hydrogen-bond donors (Lipinski definition) is 1. The molecule has 21 heavy (non-hydrogen) atoms. The van der Waals surface area contributed by atoms with Gasteiger partial charge in [-0.25, -0.2) is 0 Å². The third-order valence-electron chi connectivity index (χ3n) is 3.45. The van der Waals surface area contributed by atoms with Crippen molar-refractivity contribution in [2.75, 3.05) is 13.7 Å². The van der Waals surface area contributed by atoms with Crippen molar-refractivity contribution in [2.24, 2.45) is 0 Å². The number of benzene rings is 2. The maximum Gasteiger partial charge on any atom is 0.138 e. The summed E-state index contributed by atoms with van der Waals surface area (Å²) in [5.74, 6) is 0.586. The first-order chi connectivity index (χ1) is 10.1. The van der Waals surface area contributed by atoms with Crippen LogP contribution in [0.5, 0.6) is 5.75 Å². The van der Waals surface area contributed by atoms with Gasteiger partial charge in [-0.3, -0.25) is 0 Å². The van der Waals surface area contributed by atoms with Gasteiger partial charge in [-0.05, 0) is 36.7 Å². The van der Waals surface area contributed by atoms with Crippen LogP contribution in [0.2, 0.25) is 10.0 Å². The van der Waals surface area contributed by atoms with Crippen LogP contribution in [-0.2, 0) is 0 Å². The molecule has 4 heteroatoms. The highest BCUT2D eigenvalue weighted by Crippen LogP contribution is 2.37. The minimum Gasteiger partial charge on any atom is -0.495 e. The van der Waals surface area contributed by atoms with Gasteiger partial charge < -0.3 is 10.1 Å². The molecule has 2 aromatic carbocycles. The van der Waals surface area contributed by atoms with Crippen molar-refractivity contribution >= 4 is 23.2 Å². The number of hydrogen-bond acceptors (Lipinski definition) is 2. The smallest absolute Gasteiger partial charge is 0.138 e. The Morgan fingerprint density at radius 3 is 2.57 bits per heavy atom. The summed E-state index contributed by atoms with van der Waals surface area (Å²) in [4.78, 5) is 0. The third-order valence-corrected chi connectivity index (χ3v) is 4.06. The van der Waals surface area contributed by atoms with E-state index in [1.54, 1.807) is 13.2 Å². The van der Waals surface area contributed by atoms with Crippen LogP contribution in [0, 0.1) is 0 Å². The normalized spacial score (nSPS) is 12.2. The molecule has 0 aliphatic carbocycles. The summed E-state index contributed by atoms with van der Waals surface area (Å²) >= 11 is 12.6. The Labute approximate surface area is 136 Å². The van der Waals surface area contributed by atoms with Crippen LogP contribution in [0.15, 0.2) is 36.4 Å². The van der Waals surface area contributed by atoms with E-state index in [2.05, 4.69) is 31.3 Å². The summed E-state index contributed by atoms with van der Waals surface area (Å²) in [6.07, 6.45) is 0. The highest BCUT2D eigenvalue weighted by Gasteiger charge is 2.11. The van der Waals surface area contributed by atoms with Crippen molar-refractivity contribution in [1.82, 2.24) is 5.32 Å². The highest BCUT2D eigenvalue weighted by molar-refractivity contribution is 6.36. The van der Waals surface area contributed by atoms with E-state index in [1.807, 2.05) is 18.2 Å². The Balaban J connectivity index is 2.43. The van der Waals surface area contributed by atoms with Crippen molar-refractivity contribution in [3.63, 3.8) is 0 Å². The predicted molar refractivity (Wildman–Crippen MR) is 90.5 cm³/mol. The van der Waals surface area contributed by atoms with Crippen LogP contribution in [0.4, 0.5) is 0 Å². The van der Waals surface area contributed by atoms with Gasteiger partial charge in [0.1, 0.15) is 5.75 Å². The molecule has 0 radical (unpaired) electrons. The Kier molecular flexibility index (Phi) is 5.51. The van der Waals surface area contributed by atoms with Crippen molar-refractivity contribution in [2.45, 2.75) is 19.9 Å². The molecule has 2 aromatic rings. The topological polar surface area (TPSA) is 21.3 Å².